The smallest absolute Gasteiger partial charge is 0.322 e. The van der Waals surface area contributed by atoms with Gasteiger partial charge >= 0.3 is 6.03 Å². The number of anilines is 1. The van der Waals surface area contributed by atoms with E-state index in [1.165, 1.54) is 0 Å². The fraction of sp³-hybridized carbons (Fsp3) is 0.125. The summed E-state index contributed by atoms with van der Waals surface area (Å²) < 4.78 is 11.5. The second kappa shape index (κ2) is 8.31. The maximum absolute atomic E-state index is 12.3. The van der Waals surface area contributed by atoms with Crippen molar-refractivity contribution >= 4 is 11.7 Å². The van der Waals surface area contributed by atoms with Gasteiger partial charge in [-0.15, -0.1) is 0 Å². The molecule has 3 aromatic carbocycles. The van der Waals surface area contributed by atoms with E-state index in [0.29, 0.717) is 30.6 Å². The average molecular weight is 412 g/mol. The Morgan fingerprint density at radius 1 is 0.935 bits per heavy atom. The minimum Gasteiger partial charge on any atom is -0.487 e. The molecule has 0 spiro atoms. The Morgan fingerprint density at radius 2 is 1.65 bits per heavy atom. The summed E-state index contributed by atoms with van der Waals surface area (Å²) in [5.41, 5.74) is 2.46. The van der Waals surface area contributed by atoms with Gasteiger partial charge in [-0.2, -0.15) is 4.98 Å². The molecule has 7 heteroatoms. The Morgan fingerprint density at radius 3 is 2.42 bits per heavy atom. The van der Waals surface area contributed by atoms with E-state index in [9.17, 15) is 4.79 Å². The molecule has 0 atom stereocenters. The number of amides is 2. The van der Waals surface area contributed by atoms with E-state index in [0.717, 1.165) is 16.8 Å². The van der Waals surface area contributed by atoms with Gasteiger partial charge in [0.05, 0.1) is 13.1 Å². The highest BCUT2D eigenvalue weighted by molar-refractivity contribution is 5.89. The fourth-order valence-electron chi connectivity index (χ4n) is 3.34. The van der Waals surface area contributed by atoms with Crippen molar-refractivity contribution in [2.24, 2.45) is 0 Å². The van der Waals surface area contributed by atoms with E-state index in [4.69, 9.17) is 9.26 Å². The first kappa shape index (κ1) is 18.9. The van der Waals surface area contributed by atoms with Crippen LogP contribution in [-0.4, -0.2) is 40.3 Å². The Labute approximate surface area is 179 Å². The van der Waals surface area contributed by atoms with Crippen LogP contribution in [0.4, 0.5) is 10.5 Å². The molecular weight excluding hydrogens is 392 g/mol. The zero-order chi connectivity index (χ0) is 21.0. The van der Waals surface area contributed by atoms with Gasteiger partial charge in [-0.1, -0.05) is 59.8 Å². The molecule has 1 aliphatic rings. The maximum atomic E-state index is 12.3. The normalized spacial score (nSPS) is 13.5. The predicted molar refractivity (Wildman–Crippen MR) is 117 cm³/mol. The van der Waals surface area contributed by atoms with Crippen LogP contribution in [0.25, 0.3) is 22.8 Å². The van der Waals surface area contributed by atoms with Crippen molar-refractivity contribution in [1.82, 2.24) is 15.0 Å². The predicted octanol–water partition coefficient (Wildman–Crippen LogP) is 4.70. The van der Waals surface area contributed by atoms with Crippen molar-refractivity contribution in [3.63, 3.8) is 0 Å². The maximum Gasteiger partial charge on any atom is 0.322 e. The monoisotopic (exact) mass is 412 g/mol. The zero-order valence-corrected chi connectivity index (χ0v) is 16.6. The summed E-state index contributed by atoms with van der Waals surface area (Å²) >= 11 is 0. The number of nitrogens with one attached hydrogen (secondary N) is 1. The van der Waals surface area contributed by atoms with Gasteiger partial charge in [-0.05, 0) is 30.3 Å². The van der Waals surface area contributed by atoms with E-state index in [2.05, 4.69) is 15.5 Å². The quantitative estimate of drug-likeness (QED) is 0.514. The molecule has 7 nitrogen and oxygen atoms in total. The van der Waals surface area contributed by atoms with Gasteiger partial charge in [-0.3, -0.25) is 0 Å². The van der Waals surface area contributed by atoms with E-state index < -0.39 is 0 Å². The van der Waals surface area contributed by atoms with Crippen molar-refractivity contribution in [1.29, 1.82) is 0 Å². The molecule has 0 bridgehead atoms. The highest BCUT2D eigenvalue weighted by Crippen LogP contribution is 2.27. The number of urea groups is 1. The van der Waals surface area contributed by atoms with Crippen LogP contribution in [0.2, 0.25) is 0 Å². The number of hydrogen-bond acceptors (Lipinski definition) is 5. The minimum atomic E-state index is -0.126. The number of likely N-dealkylation sites (tertiary alicyclic amines) is 1. The van der Waals surface area contributed by atoms with Crippen molar-refractivity contribution in [2.75, 3.05) is 18.4 Å². The number of benzene rings is 3. The second-order valence-electron chi connectivity index (χ2n) is 7.26. The lowest BCUT2D eigenvalue weighted by molar-refractivity contribution is 0.0493. The van der Waals surface area contributed by atoms with Gasteiger partial charge in [0.2, 0.25) is 5.82 Å². The molecule has 1 fully saturated rings. The lowest BCUT2D eigenvalue weighted by Crippen LogP contribution is -2.57. The van der Waals surface area contributed by atoms with Gasteiger partial charge in [0.25, 0.3) is 5.89 Å². The Kier molecular flexibility index (Phi) is 5.06. The summed E-state index contributed by atoms with van der Waals surface area (Å²) in [6, 6.07) is 26.5. The molecule has 1 saturated heterocycles. The topological polar surface area (TPSA) is 80.5 Å². The zero-order valence-electron chi connectivity index (χ0n) is 16.6. The summed E-state index contributed by atoms with van der Waals surface area (Å²) in [4.78, 5) is 18.5. The Balaban J connectivity index is 1.19. The highest BCUT2D eigenvalue weighted by Gasteiger charge is 2.32. The Bertz CT molecular complexity index is 1170. The molecule has 0 aliphatic carbocycles. The molecule has 2 amide bonds. The van der Waals surface area contributed by atoms with Crippen LogP contribution in [0.3, 0.4) is 0 Å². The Hall–Kier alpha value is -4.13. The van der Waals surface area contributed by atoms with Crippen LogP contribution < -0.4 is 10.1 Å². The first-order valence-corrected chi connectivity index (χ1v) is 10.0. The van der Waals surface area contributed by atoms with Gasteiger partial charge in [0, 0.05) is 16.8 Å². The lowest BCUT2D eigenvalue weighted by atomic mass is 10.1. The number of carbonyl (C=O) groups excluding carboxylic acids is 1. The van der Waals surface area contributed by atoms with Crippen molar-refractivity contribution in [3.8, 4) is 28.6 Å². The van der Waals surface area contributed by atoms with E-state index in [1.54, 1.807) is 4.90 Å². The highest BCUT2D eigenvalue weighted by atomic mass is 16.5. The fourth-order valence-corrected chi connectivity index (χ4v) is 3.34. The van der Waals surface area contributed by atoms with Crippen molar-refractivity contribution in [3.05, 3.63) is 84.9 Å². The summed E-state index contributed by atoms with van der Waals surface area (Å²) in [5.74, 6) is 1.67. The molecular formula is C24H20N4O3. The molecule has 5 rings (SSSR count). The summed E-state index contributed by atoms with van der Waals surface area (Å²) in [6.45, 7) is 1.06. The molecule has 1 aliphatic heterocycles. The average Bonchev–Trinajstić information content (AvgIpc) is 3.28. The van der Waals surface area contributed by atoms with Gasteiger partial charge in [0.1, 0.15) is 11.9 Å². The largest absolute Gasteiger partial charge is 0.487 e. The number of nitrogens with zero attached hydrogens (tertiary/aromatic N) is 3. The molecule has 31 heavy (non-hydrogen) atoms. The van der Waals surface area contributed by atoms with E-state index in [-0.39, 0.29) is 12.1 Å². The molecule has 2 heterocycles. The van der Waals surface area contributed by atoms with Crippen molar-refractivity contribution < 1.29 is 14.1 Å². The summed E-state index contributed by atoms with van der Waals surface area (Å²) in [7, 11) is 0. The molecule has 1 N–H and O–H groups in total. The number of ether oxygens (including phenoxy) is 1. The molecule has 0 radical (unpaired) electrons. The number of aromatic nitrogens is 2. The first-order chi connectivity index (χ1) is 15.2. The van der Waals surface area contributed by atoms with Crippen LogP contribution in [0.15, 0.2) is 89.5 Å². The molecule has 4 aromatic rings. The van der Waals surface area contributed by atoms with Gasteiger partial charge < -0.3 is 19.5 Å². The third-order valence-corrected chi connectivity index (χ3v) is 5.00. The number of para-hydroxylation sites is 1. The third kappa shape index (κ3) is 4.25. The van der Waals surface area contributed by atoms with Crippen LogP contribution >= 0.6 is 0 Å². The van der Waals surface area contributed by atoms with Gasteiger partial charge in [-0.25, -0.2) is 4.79 Å². The van der Waals surface area contributed by atoms with Crippen LogP contribution in [0, 0.1) is 0 Å². The van der Waals surface area contributed by atoms with Crippen LogP contribution in [-0.2, 0) is 0 Å². The lowest BCUT2D eigenvalue weighted by Gasteiger charge is -2.38. The number of rotatable bonds is 5. The molecule has 0 saturated carbocycles. The van der Waals surface area contributed by atoms with E-state index in [1.807, 2.05) is 84.9 Å². The van der Waals surface area contributed by atoms with Crippen molar-refractivity contribution in [2.45, 2.75) is 6.10 Å². The summed E-state index contributed by atoms with van der Waals surface area (Å²) in [5, 5.41) is 6.94. The van der Waals surface area contributed by atoms with Gasteiger partial charge in [0.15, 0.2) is 0 Å². The molecule has 0 unspecified atom stereocenters. The standard InChI is InChI=1S/C24H20N4O3/c29-24(25-19-11-5-2-6-12-19)28-15-21(16-28)30-20-13-7-10-18(14-20)23-26-22(27-31-23)17-8-3-1-4-9-17/h1-14,21H,15-16H2,(H,25,29). The third-order valence-electron chi connectivity index (χ3n) is 5.00. The van der Waals surface area contributed by atoms with Crippen LogP contribution in [0.1, 0.15) is 0 Å². The number of carbonyl (C=O) groups is 1. The number of hydrogen-bond donors (Lipinski definition) is 1. The molecule has 154 valence electrons. The summed E-state index contributed by atoms with van der Waals surface area (Å²) in [6.07, 6.45) is -0.0562. The first-order valence-electron chi connectivity index (χ1n) is 10.0. The van der Waals surface area contributed by atoms with Crippen LogP contribution in [0.5, 0.6) is 5.75 Å². The SMILES string of the molecule is O=C(Nc1ccccc1)N1CC(Oc2cccc(-c3nc(-c4ccccc4)no3)c2)C1. The second-order valence-corrected chi connectivity index (χ2v) is 7.26. The minimum absolute atomic E-state index is 0.0562. The molecule has 1 aromatic heterocycles. The van der Waals surface area contributed by atoms with E-state index >= 15 is 0 Å².